The van der Waals surface area contributed by atoms with Crippen molar-refractivity contribution in [1.29, 1.82) is 0 Å². The summed E-state index contributed by atoms with van der Waals surface area (Å²) >= 11 is 0. The van der Waals surface area contributed by atoms with Crippen LogP contribution in [0.1, 0.15) is 106 Å². The maximum absolute atomic E-state index is 15.2. The fourth-order valence-corrected chi connectivity index (χ4v) is 6.87. The second-order valence-corrected chi connectivity index (χ2v) is 11.9. The van der Waals surface area contributed by atoms with E-state index in [1.54, 1.807) is 0 Å². The number of hydrogen-bond donors (Lipinski definition) is 0. The number of unbranched alkanes of at least 4 members (excludes halogenated alkanes) is 2. The minimum Gasteiger partial charge on any atom is -0.348 e. The van der Waals surface area contributed by atoms with Gasteiger partial charge >= 0.3 is 0 Å². The molecule has 3 aliphatic rings. The van der Waals surface area contributed by atoms with Crippen LogP contribution in [0.15, 0.2) is 30.3 Å². The summed E-state index contributed by atoms with van der Waals surface area (Å²) in [5, 5.41) is 0. The molecule has 2 aromatic rings. The number of ether oxygens (including phenoxy) is 2. The van der Waals surface area contributed by atoms with Crippen LogP contribution in [0.5, 0.6) is 0 Å². The van der Waals surface area contributed by atoms with Crippen LogP contribution in [0.25, 0.3) is 5.57 Å². The molecule has 1 atom stereocenters. The molecule has 40 heavy (non-hydrogen) atoms. The van der Waals surface area contributed by atoms with Gasteiger partial charge in [0.1, 0.15) is 11.6 Å². The van der Waals surface area contributed by atoms with E-state index in [0.29, 0.717) is 54.1 Å². The zero-order chi connectivity index (χ0) is 28.2. The first-order chi connectivity index (χ1) is 19.3. The molecule has 2 aromatic carbocycles. The van der Waals surface area contributed by atoms with E-state index in [2.05, 4.69) is 6.92 Å². The molecule has 2 fully saturated rings. The SMILES string of the molecule is CCCCCC1COC(c2cc(F)c(C3=CCC(C4CCC(c5cc(F)c(F)c(F)c5)CC4)CC3)c(F)c2)OC1. The van der Waals surface area contributed by atoms with Crippen LogP contribution in [0, 0.1) is 46.8 Å². The first-order valence-electron chi connectivity index (χ1n) is 14.9. The summed E-state index contributed by atoms with van der Waals surface area (Å²) in [6.07, 6.45) is 11.3. The average Bonchev–Trinajstić information content (AvgIpc) is 2.96. The van der Waals surface area contributed by atoms with Gasteiger partial charge in [-0.25, -0.2) is 22.0 Å². The van der Waals surface area contributed by atoms with Crippen molar-refractivity contribution < 1.29 is 31.4 Å². The highest BCUT2D eigenvalue weighted by atomic mass is 19.2. The molecule has 1 unspecified atom stereocenters. The lowest BCUT2D eigenvalue weighted by Gasteiger charge is -2.36. The standard InChI is InChI=1S/C33H39F5O2/c1-2-3-4-5-20-18-39-33(40-19-20)26-16-27(34)31(28(35)17-26)24-12-10-22(11-13-24)21-6-8-23(9-7-21)25-14-29(36)32(38)30(37)15-25/h12,14-17,20-23,33H,2-11,13,18-19H2,1H3. The van der Waals surface area contributed by atoms with Gasteiger partial charge in [0.25, 0.3) is 0 Å². The predicted octanol–water partition coefficient (Wildman–Crippen LogP) is 9.78. The van der Waals surface area contributed by atoms with Crippen LogP contribution in [-0.2, 0) is 9.47 Å². The monoisotopic (exact) mass is 562 g/mol. The molecule has 1 aliphatic heterocycles. The lowest BCUT2D eigenvalue weighted by atomic mass is 9.70. The summed E-state index contributed by atoms with van der Waals surface area (Å²) in [5.41, 5.74) is 1.63. The number of halogens is 5. The number of rotatable bonds is 8. The largest absolute Gasteiger partial charge is 0.348 e. The maximum Gasteiger partial charge on any atom is 0.194 e. The van der Waals surface area contributed by atoms with Crippen LogP contribution in [0.3, 0.4) is 0 Å². The van der Waals surface area contributed by atoms with Crippen molar-refractivity contribution in [3.8, 4) is 0 Å². The van der Waals surface area contributed by atoms with Crippen molar-refractivity contribution in [2.75, 3.05) is 13.2 Å². The number of hydrogen-bond acceptors (Lipinski definition) is 2. The molecular weight excluding hydrogens is 523 g/mol. The fraction of sp³-hybridized carbons (Fsp3) is 0.576. The minimum absolute atomic E-state index is 0.0151. The van der Waals surface area contributed by atoms with Crippen molar-refractivity contribution in [2.24, 2.45) is 17.8 Å². The molecule has 1 heterocycles. The zero-order valence-electron chi connectivity index (χ0n) is 23.2. The summed E-state index contributed by atoms with van der Waals surface area (Å²) in [4.78, 5) is 0. The van der Waals surface area contributed by atoms with Gasteiger partial charge in [0.15, 0.2) is 23.7 Å². The van der Waals surface area contributed by atoms with Crippen LogP contribution in [0.2, 0.25) is 0 Å². The highest BCUT2D eigenvalue weighted by Gasteiger charge is 2.32. The Kier molecular flexibility index (Phi) is 9.62. The van der Waals surface area contributed by atoms with Crippen molar-refractivity contribution in [3.63, 3.8) is 0 Å². The minimum atomic E-state index is -1.42. The molecule has 1 saturated carbocycles. The van der Waals surface area contributed by atoms with E-state index in [0.717, 1.165) is 69.9 Å². The smallest absolute Gasteiger partial charge is 0.194 e. The van der Waals surface area contributed by atoms with Gasteiger partial charge in [-0.2, -0.15) is 0 Å². The topological polar surface area (TPSA) is 18.5 Å². The quantitative estimate of drug-likeness (QED) is 0.181. The first-order valence-corrected chi connectivity index (χ1v) is 14.9. The highest BCUT2D eigenvalue weighted by Crippen LogP contribution is 2.45. The van der Waals surface area contributed by atoms with E-state index in [-0.39, 0.29) is 11.5 Å². The average molecular weight is 563 g/mol. The molecule has 0 spiro atoms. The maximum atomic E-state index is 15.2. The summed E-state index contributed by atoms with van der Waals surface area (Å²) in [5.74, 6) is -3.68. The molecule has 1 saturated heterocycles. The van der Waals surface area contributed by atoms with Crippen LogP contribution in [0.4, 0.5) is 22.0 Å². The second-order valence-electron chi connectivity index (χ2n) is 11.9. The van der Waals surface area contributed by atoms with E-state index in [9.17, 15) is 13.2 Å². The lowest BCUT2D eigenvalue weighted by Crippen LogP contribution is -2.27. The molecule has 0 aromatic heterocycles. The lowest BCUT2D eigenvalue weighted by molar-refractivity contribution is -0.206. The zero-order valence-corrected chi connectivity index (χ0v) is 23.2. The third kappa shape index (κ3) is 6.62. The predicted molar refractivity (Wildman–Crippen MR) is 145 cm³/mol. The van der Waals surface area contributed by atoms with E-state index in [1.807, 2.05) is 6.08 Å². The molecule has 7 heteroatoms. The van der Waals surface area contributed by atoms with E-state index >= 15 is 8.78 Å². The Morgan fingerprint density at radius 2 is 1.35 bits per heavy atom. The molecule has 0 radical (unpaired) electrons. The molecule has 5 rings (SSSR count). The molecule has 2 aliphatic carbocycles. The van der Waals surface area contributed by atoms with Crippen molar-refractivity contribution in [3.05, 3.63) is 76.1 Å². The molecular formula is C33H39F5O2. The third-order valence-electron chi connectivity index (χ3n) is 9.21. The molecule has 2 nitrogen and oxygen atoms in total. The van der Waals surface area contributed by atoms with Crippen LogP contribution >= 0.6 is 0 Å². The Morgan fingerprint density at radius 1 is 0.725 bits per heavy atom. The summed E-state index contributed by atoms with van der Waals surface area (Å²) < 4.78 is 82.7. The molecule has 0 N–H and O–H groups in total. The summed E-state index contributed by atoms with van der Waals surface area (Å²) in [6.45, 7) is 3.23. The van der Waals surface area contributed by atoms with E-state index < -0.39 is 35.4 Å². The van der Waals surface area contributed by atoms with Crippen molar-refractivity contribution >= 4 is 5.57 Å². The molecule has 0 bridgehead atoms. The summed E-state index contributed by atoms with van der Waals surface area (Å²) in [6, 6.07) is 4.92. The van der Waals surface area contributed by atoms with Gasteiger partial charge in [-0.05, 0) is 105 Å². The van der Waals surface area contributed by atoms with Gasteiger partial charge in [-0.3, -0.25) is 0 Å². The van der Waals surface area contributed by atoms with E-state index in [4.69, 9.17) is 9.47 Å². The number of benzene rings is 2. The van der Waals surface area contributed by atoms with Gasteiger partial charge in [0.2, 0.25) is 0 Å². The van der Waals surface area contributed by atoms with Gasteiger partial charge < -0.3 is 9.47 Å². The van der Waals surface area contributed by atoms with Gasteiger partial charge in [-0.1, -0.05) is 32.3 Å². The Balaban J connectivity index is 1.16. The van der Waals surface area contributed by atoms with Crippen molar-refractivity contribution in [1.82, 2.24) is 0 Å². The Bertz CT molecular complexity index is 1150. The Labute approximate surface area is 233 Å². The van der Waals surface area contributed by atoms with Gasteiger partial charge in [-0.15, -0.1) is 0 Å². The molecule has 218 valence electrons. The van der Waals surface area contributed by atoms with Gasteiger partial charge in [0.05, 0.1) is 13.2 Å². The van der Waals surface area contributed by atoms with Crippen molar-refractivity contribution in [2.45, 2.75) is 89.8 Å². The van der Waals surface area contributed by atoms with Gasteiger partial charge in [0, 0.05) is 17.0 Å². The van der Waals surface area contributed by atoms with E-state index in [1.165, 1.54) is 18.6 Å². The third-order valence-corrected chi connectivity index (χ3v) is 9.21. The molecule has 0 amide bonds. The normalized spacial score (nSPS) is 27.4. The Morgan fingerprint density at radius 3 is 1.93 bits per heavy atom. The first kappa shape index (κ1) is 29.2. The number of allylic oxidation sites excluding steroid dienone is 2. The summed E-state index contributed by atoms with van der Waals surface area (Å²) in [7, 11) is 0. The highest BCUT2D eigenvalue weighted by molar-refractivity contribution is 5.67. The fourth-order valence-electron chi connectivity index (χ4n) is 6.87. The van der Waals surface area contributed by atoms with Crippen LogP contribution < -0.4 is 0 Å². The van der Waals surface area contributed by atoms with Crippen LogP contribution in [-0.4, -0.2) is 13.2 Å². The Hall–Kier alpha value is -2.25. The second kappa shape index (κ2) is 13.2.